The molecule has 0 radical (unpaired) electrons. The van der Waals surface area contributed by atoms with Gasteiger partial charge in [-0.3, -0.25) is 14.4 Å². The zero-order valence-corrected chi connectivity index (χ0v) is 29.4. The van der Waals surface area contributed by atoms with Crippen molar-refractivity contribution >= 4 is 86.8 Å². The third-order valence-corrected chi connectivity index (χ3v) is 10.7. The summed E-state index contributed by atoms with van der Waals surface area (Å²) in [5.41, 5.74) is 2.73. The van der Waals surface area contributed by atoms with Gasteiger partial charge in [-0.05, 0) is 91.8 Å². The highest BCUT2D eigenvalue weighted by Gasteiger charge is 2.29. The minimum Gasteiger partial charge on any atom is -0.465 e. The van der Waals surface area contributed by atoms with Gasteiger partial charge in [0, 0.05) is 31.1 Å². The number of methoxy groups -OCH3 is 1. The number of hydrogen-bond acceptors (Lipinski definition) is 7. The van der Waals surface area contributed by atoms with E-state index in [1.807, 2.05) is 13.0 Å². The Morgan fingerprint density at radius 2 is 1.73 bits per heavy atom. The SMILES string of the molecule is CCC(Sc1cccc(NC(=O)/C(=C\c2ccc(Cl)cc2Cl)NC(=O)c2ccccc2)c1)C(=O)Nc1sc2c(c1C(=O)OC)CCCC2. The highest BCUT2D eigenvalue weighted by Crippen LogP contribution is 2.39. The molecule has 3 amide bonds. The lowest BCUT2D eigenvalue weighted by atomic mass is 9.95. The summed E-state index contributed by atoms with van der Waals surface area (Å²) in [4.78, 5) is 54.6. The predicted molar refractivity (Wildman–Crippen MR) is 194 cm³/mol. The second-order valence-corrected chi connectivity index (χ2v) is 14.2. The molecule has 3 N–H and O–H groups in total. The fraction of sp³-hybridized carbons (Fsp3) is 0.222. The van der Waals surface area contributed by atoms with Crippen molar-refractivity contribution in [1.29, 1.82) is 0 Å². The van der Waals surface area contributed by atoms with Crippen molar-refractivity contribution < 1.29 is 23.9 Å². The maximum atomic E-state index is 13.6. The summed E-state index contributed by atoms with van der Waals surface area (Å²) < 4.78 is 5.05. The van der Waals surface area contributed by atoms with Crippen molar-refractivity contribution in [1.82, 2.24) is 5.32 Å². The quantitative estimate of drug-likeness (QED) is 0.0812. The van der Waals surface area contributed by atoms with Crippen LogP contribution in [0.2, 0.25) is 10.0 Å². The first-order valence-corrected chi connectivity index (χ1v) is 17.8. The number of carbonyl (C=O) groups is 4. The third-order valence-electron chi connectivity index (χ3n) is 7.62. The Labute approximate surface area is 297 Å². The number of esters is 1. The Bertz CT molecular complexity index is 1880. The van der Waals surface area contributed by atoms with Crippen LogP contribution in [0.1, 0.15) is 62.9 Å². The molecule has 0 saturated carbocycles. The number of amides is 3. The van der Waals surface area contributed by atoms with Crippen LogP contribution in [-0.2, 0) is 27.2 Å². The smallest absolute Gasteiger partial charge is 0.341 e. The van der Waals surface area contributed by atoms with E-state index in [1.54, 1.807) is 66.7 Å². The molecule has 8 nitrogen and oxygen atoms in total. The molecule has 12 heteroatoms. The highest BCUT2D eigenvalue weighted by atomic mass is 35.5. The molecule has 0 saturated heterocycles. The third kappa shape index (κ3) is 8.68. The molecule has 1 heterocycles. The van der Waals surface area contributed by atoms with Crippen LogP contribution in [0.25, 0.3) is 6.08 Å². The molecule has 0 aliphatic heterocycles. The number of rotatable bonds is 11. The van der Waals surface area contributed by atoms with Crippen LogP contribution in [0.4, 0.5) is 10.7 Å². The number of carbonyl (C=O) groups excluding carboxylic acids is 4. The van der Waals surface area contributed by atoms with Crippen LogP contribution in [0, 0.1) is 0 Å². The number of ether oxygens (including phenoxy) is 1. The fourth-order valence-electron chi connectivity index (χ4n) is 5.21. The normalized spacial score (nSPS) is 13.2. The molecule has 1 unspecified atom stereocenters. The zero-order chi connectivity index (χ0) is 34.2. The lowest BCUT2D eigenvalue weighted by Gasteiger charge is -2.16. The van der Waals surface area contributed by atoms with Gasteiger partial charge in [-0.2, -0.15) is 0 Å². The second-order valence-electron chi connectivity index (χ2n) is 10.9. The van der Waals surface area contributed by atoms with E-state index in [-0.39, 0.29) is 11.6 Å². The lowest BCUT2D eigenvalue weighted by Crippen LogP contribution is -2.30. The van der Waals surface area contributed by atoms with E-state index in [0.29, 0.717) is 43.8 Å². The molecule has 4 aromatic rings. The topological polar surface area (TPSA) is 114 Å². The number of hydrogen-bond donors (Lipinski definition) is 3. The van der Waals surface area contributed by atoms with Crippen molar-refractivity contribution in [3.8, 4) is 0 Å². The van der Waals surface area contributed by atoms with E-state index in [4.69, 9.17) is 27.9 Å². The molecule has 3 aromatic carbocycles. The number of halogens is 2. The molecule has 248 valence electrons. The van der Waals surface area contributed by atoms with Crippen LogP contribution in [0.15, 0.2) is 83.4 Å². The van der Waals surface area contributed by atoms with Gasteiger partial charge in [0.25, 0.3) is 11.8 Å². The summed E-state index contributed by atoms with van der Waals surface area (Å²) in [6.45, 7) is 1.91. The second kappa shape index (κ2) is 16.3. The Morgan fingerprint density at radius 3 is 2.46 bits per heavy atom. The first kappa shape index (κ1) is 35.2. The van der Waals surface area contributed by atoms with Crippen LogP contribution >= 0.6 is 46.3 Å². The lowest BCUT2D eigenvalue weighted by molar-refractivity contribution is -0.116. The summed E-state index contributed by atoms with van der Waals surface area (Å²) in [5, 5.41) is 9.34. The van der Waals surface area contributed by atoms with Gasteiger partial charge in [0.1, 0.15) is 10.7 Å². The summed E-state index contributed by atoms with van der Waals surface area (Å²) >= 11 is 15.2. The maximum absolute atomic E-state index is 13.6. The van der Waals surface area contributed by atoms with E-state index in [2.05, 4.69) is 16.0 Å². The van der Waals surface area contributed by atoms with Crippen molar-refractivity contribution in [3.05, 3.63) is 116 Å². The van der Waals surface area contributed by atoms with E-state index < -0.39 is 23.0 Å². The van der Waals surface area contributed by atoms with E-state index in [1.165, 1.54) is 36.3 Å². The number of thiophene rings is 1. The number of benzene rings is 3. The van der Waals surface area contributed by atoms with Crippen LogP contribution in [-0.4, -0.2) is 36.1 Å². The number of nitrogens with one attached hydrogen (secondary N) is 3. The zero-order valence-electron chi connectivity index (χ0n) is 26.2. The van der Waals surface area contributed by atoms with Crippen LogP contribution in [0.3, 0.4) is 0 Å². The first-order valence-electron chi connectivity index (χ1n) is 15.3. The van der Waals surface area contributed by atoms with Crippen molar-refractivity contribution in [3.63, 3.8) is 0 Å². The van der Waals surface area contributed by atoms with E-state index in [9.17, 15) is 19.2 Å². The molecule has 1 atom stereocenters. The van der Waals surface area contributed by atoms with Crippen molar-refractivity contribution in [2.24, 2.45) is 0 Å². The van der Waals surface area contributed by atoms with Gasteiger partial charge in [0.15, 0.2) is 0 Å². The highest BCUT2D eigenvalue weighted by molar-refractivity contribution is 8.00. The molecule has 0 bridgehead atoms. The minimum absolute atomic E-state index is 0.0306. The first-order chi connectivity index (χ1) is 23.2. The summed E-state index contributed by atoms with van der Waals surface area (Å²) in [6.07, 6.45) is 5.71. The number of fused-ring (bicyclic) bond motifs is 1. The van der Waals surface area contributed by atoms with Gasteiger partial charge in [-0.1, -0.05) is 60.5 Å². The average molecular weight is 723 g/mol. The van der Waals surface area contributed by atoms with Crippen molar-refractivity contribution in [2.75, 3.05) is 17.7 Å². The molecule has 0 fully saturated rings. The van der Waals surface area contributed by atoms with Gasteiger partial charge in [-0.15, -0.1) is 23.1 Å². The Balaban J connectivity index is 1.33. The largest absolute Gasteiger partial charge is 0.465 e. The minimum atomic E-state index is -0.575. The standard InChI is InChI=1S/C36H33Cl2N3O5S2/c1-3-29(34(44)41-35-31(36(45)46-2)26-14-7-8-15-30(26)48-35)47-25-13-9-12-24(20-25)39-33(43)28(18-22-16-17-23(37)19-27(22)38)40-32(42)21-10-5-4-6-11-21/h4-6,9-13,16-20,29H,3,7-8,14-15H2,1-2H3,(H,39,43)(H,40,42)(H,41,44)/b28-18+. The Morgan fingerprint density at radius 1 is 0.958 bits per heavy atom. The fourth-order valence-corrected chi connectivity index (χ4v) is 7.97. The molecular formula is C36H33Cl2N3O5S2. The van der Waals surface area contributed by atoms with E-state index >= 15 is 0 Å². The molecule has 48 heavy (non-hydrogen) atoms. The van der Waals surface area contributed by atoms with E-state index in [0.717, 1.165) is 41.0 Å². The van der Waals surface area contributed by atoms with Crippen molar-refractivity contribution in [2.45, 2.75) is 49.2 Å². The van der Waals surface area contributed by atoms with Gasteiger partial charge < -0.3 is 20.7 Å². The number of thioether (sulfide) groups is 1. The summed E-state index contributed by atoms with van der Waals surface area (Å²) in [5.74, 6) is -1.71. The number of anilines is 2. The molecule has 5 rings (SSSR count). The Kier molecular flexibility index (Phi) is 12.0. The van der Waals surface area contributed by atoms with Gasteiger partial charge in [0.2, 0.25) is 5.91 Å². The monoisotopic (exact) mass is 721 g/mol. The number of aryl methyl sites for hydroxylation is 1. The summed E-state index contributed by atoms with van der Waals surface area (Å²) in [6, 6.07) is 20.5. The molecular weight excluding hydrogens is 689 g/mol. The average Bonchev–Trinajstić information content (AvgIpc) is 3.45. The van der Waals surface area contributed by atoms with Gasteiger partial charge >= 0.3 is 5.97 Å². The molecule has 1 aromatic heterocycles. The molecule has 1 aliphatic carbocycles. The predicted octanol–water partition coefficient (Wildman–Crippen LogP) is 8.64. The maximum Gasteiger partial charge on any atom is 0.341 e. The van der Waals surface area contributed by atoms with Crippen LogP contribution in [0.5, 0.6) is 0 Å². The van der Waals surface area contributed by atoms with Gasteiger partial charge in [-0.25, -0.2) is 4.79 Å². The van der Waals surface area contributed by atoms with Gasteiger partial charge in [0.05, 0.1) is 17.9 Å². The molecule has 1 aliphatic rings. The Hall–Kier alpha value is -4.09. The van der Waals surface area contributed by atoms with Crippen LogP contribution < -0.4 is 16.0 Å². The summed E-state index contributed by atoms with van der Waals surface area (Å²) in [7, 11) is 1.35. The molecule has 0 spiro atoms.